The summed E-state index contributed by atoms with van der Waals surface area (Å²) in [5.74, 6) is -0.489. The number of hydrogen-bond acceptors (Lipinski definition) is 7. The normalized spacial score (nSPS) is 14.5. The van der Waals surface area contributed by atoms with Crippen molar-refractivity contribution in [3.05, 3.63) is 179 Å². The highest BCUT2D eigenvalue weighted by Crippen LogP contribution is 2.39. The van der Waals surface area contributed by atoms with E-state index in [9.17, 15) is 14.7 Å². The third-order valence-electron chi connectivity index (χ3n) is 11.0. The Morgan fingerprint density at radius 2 is 1.06 bits per heavy atom. The van der Waals surface area contributed by atoms with Crippen LogP contribution in [0, 0.1) is 0 Å². The minimum absolute atomic E-state index is 0.126. The zero-order valence-electron chi connectivity index (χ0n) is 37.5. The van der Waals surface area contributed by atoms with E-state index >= 15 is 0 Å². The van der Waals surface area contributed by atoms with Crippen LogP contribution in [0.25, 0.3) is 0 Å². The predicted octanol–water partition coefficient (Wildman–Crippen LogP) is 9.63. The average Bonchev–Trinajstić information content (AvgIpc) is 3.70. The van der Waals surface area contributed by atoms with Crippen LogP contribution in [0.3, 0.4) is 0 Å². The van der Waals surface area contributed by atoms with Crippen molar-refractivity contribution < 1.29 is 28.3 Å². The molecule has 1 aliphatic heterocycles. The first-order valence-corrected chi connectivity index (χ1v) is 26.8. The molecule has 0 bridgehead atoms. The van der Waals surface area contributed by atoms with Crippen LogP contribution >= 0.6 is 31.9 Å². The third kappa shape index (κ3) is 12.6. The van der Waals surface area contributed by atoms with Crippen molar-refractivity contribution in [1.82, 2.24) is 0 Å². The van der Waals surface area contributed by atoms with E-state index in [4.69, 9.17) is 19.3 Å². The van der Waals surface area contributed by atoms with Gasteiger partial charge in [0.05, 0.1) is 6.61 Å². The van der Waals surface area contributed by atoms with Crippen LogP contribution in [0.5, 0.6) is 0 Å². The molecule has 1 heterocycles. The van der Waals surface area contributed by atoms with Gasteiger partial charge < -0.3 is 29.7 Å². The van der Waals surface area contributed by atoms with E-state index in [1.165, 1.54) is 10.4 Å². The molecular formula is C52H60Br2N2O6Si2. The maximum absolute atomic E-state index is 13.3. The van der Waals surface area contributed by atoms with E-state index in [0.29, 0.717) is 18.7 Å². The van der Waals surface area contributed by atoms with Gasteiger partial charge in [-0.15, -0.1) is 0 Å². The molecule has 1 saturated heterocycles. The molecule has 336 valence electrons. The van der Waals surface area contributed by atoms with Gasteiger partial charge in [-0.3, -0.25) is 4.79 Å². The second kappa shape index (κ2) is 23.0. The molecular weight excluding hydrogens is 965 g/mol. The lowest BCUT2D eigenvalue weighted by Crippen LogP contribution is -2.68. The second-order valence-electron chi connectivity index (χ2n) is 17.6. The average molecular weight is 1030 g/mol. The molecule has 0 aliphatic carbocycles. The number of ether oxygens (including phenoxy) is 1. The van der Waals surface area contributed by atoms with Crippen LogP contribution in [0.15, 0.2) is 179 Å². The lowest BCUT2D eigenvalue weighted by Gasteiger charge is -2.44. The minimum Gasteiger partial charge on any atom is -0.464 e. The lowest BCUT2D eigenvalue weighted by molar-refractivity contribution is -0.143. The first kappa shape index (κ1) is 50.3. The predicted molar refractivity (Wildman–Crippen MR) is 274 cm³/mol. The first-order chi connectivity index (χ1) is 30.5. The van der Waals surface area contributed by atoms with Gasteiger partial charge in [0.15, 0.2) is 0 Å². The lowest BCUT2D eigenvalue weighted by atomic mass is 10.2. The molecule has 12 heteroatoms. The molecule has 1 aliphatic rings. The van der Waals surface area contributed by atoms with Gasteiger partial charge in [0.1, 0.15) is 12.2 Å². The van der Waals surface area contributed by atoms with Crippen LogP contribution in [0.4, 0.5) is 11.4 Å². The first-order valence-electron chi connectivity index (χ1n) is 21.4. The van der Waals surface area contributed by atoms with Crippen LogP contribution in [-0.4, -0.2) is 59.0 Å². The van der Waals surface area contributed by atoms with Crippen LogP contribution in [0.2, 0.25) is 10.1 Å². The Balaban J connectivity index is 0.000000210. The molecule has 1 fully saturated rings. The Hall–Kier alpha value is -4.67. The minimum atomic E-state index is -2.92. The highest BCUT2D eigenvalue weighted by Gasteiger charge is 2.54. The Morgan fingerprint density at radius 1 is 0.672 bits per heavy atom. The van der Waals surface area contributed by atoms with Gasteiger partial charge in [-0.25, -0.2) is 4.79 Å². The van der Waals surface area contributed by atoms with Gasteiger partial charge in [0, 0.05) is 39.8 Å². The summed E-state index contributed by atoms with van der Waals surface area (Å²) >= 11 is 6.70. The summed E-state index contributed by atoms with van der Waals surface area (Å²) in [6, 6.07) is 56.1. The number of aliphatic hydroxyl groups excluding tert-OH is 1. The van der Waals surface area contributed by atoms with E-state index in [1.54, 1.807) is 0 Å². The van der Waals surface area contributed by atoms with Crippen molar-refractivity contribution >= 4 is 92.5 Å². The summed E-state index contributed by atoms with van der Waals surface area (Å²) in [6.07, 6.45) is -0.429. The molecule has 0 spiro atoms. The Bertz CT molecular complexity index is 2250. The molecule has 6 aromatic carbocycles. The molecule has 4 N–H and O–H groups in total. The molecule has 0 unspecified atom stereocenters. The Morgan fingerprint density at radius 3 is 1.41 bits per heavy atom. The van der Waals surface area contributed by atoms with Crippen molar-refractivity contribution in [2.75, 3.05) is 24.3 Å². The van der Waals surface area contributed by atoms with E-state index in [2.05, 4.69) is 127 Å². The summed E-state index contributed by atoms with van der Waals surface area (Å²) < 4.78 is 20.8. The largest absolute Gasteiger partial charge is 0.464 e. The van der Waals surface area contributed by atoms with Crippen LogP contribution in [0.1, 0.15) is 54.4 Å². The quantitative estimate of drug-likeness (QED) is 0.0635. The SMILES string of the molecule is CC(C)(C)[Si](O[C@@H](CCO)C(=O)Nc1ccc(Br)cc1)(c1ccccc1)c1ccccc1.CC(C)(C)[Si](O[C@H]1CCOC1=O)(c1ccccc1)c1ccccc1.Nc1ccc(Br)cc1. The molecule has 0 saturated carbocycles. The third-order valence-corrected chi connectivity index (χ3v) is 22.2. The maximum Gasteiger partial charge on any atom is 0.334 e. The number of esters is 1. The number of carbonyl (C=O) groups excluding carboxylic acids is 2. The second-order valence-corrected chi connectivity index (χ2v) is 27.9. The molecule has 64 heavy (non-hydrogen) atoms. The summed E-state index contributed by atoms with van der Waals surface area (Å²) in [7, 11) is -5.57. The highest BCUT2D eigenvalue weighted by molar-refractivity contribution is 9.10. The fourth-order valence-corrected chi connectivity index (χ4v) is 17.8. The van der Waals surface area contributed by atoms with Gasteiger partial charge in [0.2, 0.25) is 0 Å². The van der Waals surface area contributed by atoms with Gasteiger partial charge in [-0.05, 0) is 79.4 Å². The fourth-order valence-electron chi connectivity index (χ4n) is 7.97. The van der Waals surface area contributed by atoms with Gasteiger partial charge >= 0.3 is 5.97 Å². The highest BCUT2D eigenvalue weighted by atomic mass is 79.9. The number of carbonyl (C=O) groups is 2. The van der Waals surface area contributed by atoms with Crippen molar-refractivity contribution in [2.24, 2.45) is 0 Å². The van der Waals surface area contributed by atoms with Gasteiger partial charge in [-0.2, -0.15) is 0 Å². The maximum atomic E-state index is 13.3. The summed E-state index contributed by atoms with van der Waals surface area (Å²) in [5, 5.41) is 16.9. The number of halogens is 2. The van der Waals surface area contributed by atoms with E-state index in [0.717, 1.165) is 25.0 Å². The van der Waals surface area contributed by atoms with Gasteiger partial charge in [0.25, 0.3) is 22.5 Å². The smallest absolute Gasteiger partial charge is 0.334 e. The number of anilines is 2. The number of aliphatic hydroxyl groups is 1. The number of hydrogen-bond donors (Lipinski definition) is 3. The number of rotatable bonds is 12. The van der Waals surface area contributed by atoms with Gasteiger partial charge in [-0.1, -0.05) is 195 Å². The van der Waals surface area contributed by atoms with E-state index in [-0.39, 0.29) is 35.0 Å². The van der Waals surface area contributed by atoms with Crippen molar-refractivity contribution in [3.8, 4) is 0 Å². The monoisotopic (exact) mass is 1020 g/mol. The molecule has 0 aromatic heterocycles. The topological polar surface area (TPSA) is 120 Å². The van der Waals surface area contributed by atoms with Crippen LogP contribution < -0.4 is 31.8 Å². The number of nitrogens with two attached hydrogens (primary N) is 1. The Labute approximate surface area is 398 Å². The van der Waals surface area contributed by atoms with E-state index in [1.807, 2.05) is 121 Å². The number of amides is 1. The fraction of sp³-hybridized carbons (Fsp3) is 0.269. The zero-order valence-corrected chi connectivity index (χ0v) is 42.6. The molecule has 8 nitrogen and oxygen atoms in total. The molecule has 2 atom stereocenters. The van der Waals surface area contributed by atoms with Crippen LogP contribution in [-0.2, 0) is 23.2 Å². The number of cyclic esters (lactones) is 1. The molecule has 6 aromatic rings. The standard InChI is InChI=1S/C26H30BrNO3Si.C20H24O3Si.C6H6BrN/c1-26(2,3)32(22-10-6-4-7-11-22,23-12-8-5-9-13-23)31-24(18-19-29)25(30)28-21-16-14-20(27)15-17-21;1-20(2,3)24(16-10-6-4-7-11-16,17-12-8-5-9-13-17)23-18-14-15-22-19(18)21;7-5-1-3-6(8)4-2-5/h4-17,24,29H,18-19H2,1-3H3,(H,28,30);4-13,18H,14-15H2,1-3H3;1-4H,8H2/t24-;18-;/m00./s1. The molecule has 7 rings (SSSR count). The number of benzene rings is 6. The van der Waals surface area contributed by atoms with E-state index < -0.39 is 28.8 Å². The Kier molecular flexibility index (Phi) is 18.1. The summed E-state index contributed by atoms with van der Waals surface area (Å²) in [5.41, 5.74) is 6.89. The summed E-state index contributed by atoms with van der Waals surface area (Å²) in [6.45, 7) is 13.4. The summed E-state index contributed by atoms with van der Waals surface area (Å²) in [4.78, 5) is 25.4. The number of nitrogens with one attached hydrogen (secondary N) is 1. The van der Waals surface area contributed by atoms with Crippen molar-refractivity contribution in [2.45, 2.75) is 76.7 Å². The molecule has 0 radical (unpaired) electrons. The van der Waals surface area contributed by atoms with Crippen molar-refractivity contribution in [1.29, 1.82) is 0 Å². The van der Waals surface area contributed by atoms with Crippen molar-refractivity contribution in [3.63, 3.8) is 0 Å². The zero-order chi connectivity index (χ0) is 46.4. The molecule has 1 amide bonds. The number of nitrogen functional groups attached to an aromatic ring is 1.